The van der Waals surface area contributed by atoms with Gasteiger partial charge in [0.2, 0.25) is 0 Å². The van der Waals surface area contributed by atoms with E-state index in [1.54, 1.807) is 7.11 Å². The first-order valence-corrected chi connectivity index (χ1v) is 11.4. The second-order valence-corrected chi connectivity index (χ2v) is 9.23. The second-order valence-electron chi connectivity index (χ2n) is 7.76. The molecule has 5 nitrogen and oxygen atoms in total. The molecule has 1 saturated heterocycles. The van der Waals surface area contributed by atoms with E-state index in [-0.39, 0.29) is 5.91 Å². The van der Waals surface area contributed by atoms with Gasteiger partial charge >= 0.3 is 0 Å². The van der Waals surface area contributed by atoms with E-state index < -0.39 is 0 Å². The van der Waals surface area contributed by atoms with Crippen molar-refractivity contribution in [2.75, 3.05) is 38.2 Å². The van der Waals surface area contributed by atoms with Gasteiger partial charge in [-0.3, -0.25) is 4.79 Å². The number of hydrogen-bond acceptors (Lipinski definition) is 5. The molecule has 1 fully saturated rings. The van der Waals surface area contributed by atoms with Crippen molar-refractivity contribution in [1.82, 2.24) is 9.88 Å². The summed E-state index contributed by atoms with van der Waals surface area (Å²) in [6, 6.07) is 15.9. The predicted molar refractivity (Wildman–Crippen MR) is 128 cm³/mol. The number of nitrogens with zero attached hydrogens (tertiary/aromatic N) is 3. The minimum atomic E-state index is 0.0760. The van der Waals surface area contributed by atoms with Crippen molar-refractivity contribution < 1.29 is 9.53 Å². The Morgan fingerprint density at radius 2 is 1.84 bits per heavy atom. The van der Waals surface area contributed by atoms with Crippen molar-refractivity contribution in [2.45, 2.75) is 6.92 Å². The number of thiophene rings is 1. The van der Waals surface area contributed by atoms with E-state index in [0.29, 0.717) is 13.1 Å². The maximum Gasteiger partial charge on any atom is 0.264 e. The maximum absolute atomic E-state index is 13.2. The lowest BCUT2D eigenvalue weighted by molar-refractivity contribution is 0.0751. The van der Waals surface area contributed by atoms with Crippen LogP contribution < -0.4 is 9.64 Å². The molecule has 0 aliphatic carbocycles. The third-order valence-corrected chi connectivity index (χ3v) is 7.07. The monoisotopic (exact) mass is 451 g/mol. The minimum absolute atomic E-state index is 0.0760. The summed E-state index contributed by atoms with van der Waals surface area (Å²) in [6.45, 7) is 5.05. The topological polar surface area (TPSA) is 45.7 Å². The highest BCUT2D eigenvalue weighted by molar-refractivity contribution is 7.20. The number of piperazine rings is 1. The summed E-state index contributed by atoms with van der Waals surface area (Å²) >= 11 is 7.64. The van der Waals surface area contributed by atoms with Crippen LogP contribution in [-0.4, -0.2) is 49.1 Å². The number of anilines is 1. The molecule has 7 heteroatoms. The van der Waals surface area contributed by atoms with E-state index in [1.807, 2.05) is 47.4 Å². The Bertz CT molecular complexity index is 1290. The van der Waals surface area contributed by atoms with Gasteiger partial charge in [-0.05, 0) is 48.9 Å². The molecule has 4 aromatic rings. The van der Waals surface area contributed by atoms with E-state index in [2.05, 4.69) is 17.9 Å². The lowest BCUT2D eigenvalue weighted by Crippen LogP contribution is -2.48. The maximum atomic E-state index is 13.2. The number of ether oxygens (including phenoxy) is 1. The lowest BCUT2D eigenvalue weighted by atomic mass is 10.1. The Morgan fingerprint density at radius 1 is 1.03 bits per heavy atom. The summed E-state index contributed by atoms with van der Waals surface area (Å²) in [5.74, 6) is 0.854. The third-order valence-electron chi connectivity index (χ3n) is 5.80. The summed E-state index contributed by atoms with van der Waals surface area (Å²) in [4.78, 5) is 23.8. The van der Waals surface area contributed by atoms with Gasteiger partial charge < -0.3 is 14.5 Å². The highest BCUT2D eigenvalue weighted by Crippen LogP contribution is 2.31. The molecule has 2 aromatic carbocycles. The van der Waals surface area contributed by atoms with Crippen LogP contribution in [0.1, 0.15) is 15.2 Å². The van der Waals surface area contributed by atoms with Crippen LogP contribution in [0.2, 0.25) is 5.02 Å². The molecule has 1 aliphatic heterocycles. The van der Waals surface area contributed by atoms with Gasteiger partial charge in [0.05, 0.1) is 17.5 Å². The van der Waals surface area contributed by atoms with Crippen LogP contribution in [-0.2, 0) is 0 Å². The quantitative estimate of drug-likeness (QED) is 0.419. The highest BCUT2D eigenvalue weighted by atomic mass is 35.5. The van der Waals surface area contributed by atoms with E-state index in [4.69, 9.17) is 21.3 Å². The second kappa shape index (κ2) is 8.02. The average Bonchev–Trinajstić information content (AvgIpc) is 3.21. The van der Waals surface area contributed by atoms with Crippen LogP contribution >= 0.6 is 22.9 Å². The molecule has 5 rings (SSSR count). The van der Waals surface area contributed by atoms with Gasteiger partial charge in [-0.2, -0.15) is 0 Å². The predicted octanol–water partition coefficient (Wildman–Crippen LogP) is 5.38. The molecule has 0 N–H and O–H groups in total. The fraction of sp³-hybridized carbons (Fsp3) is 0.250. The van der Waals surface area contributed by atoms with Crippen LogP contribution in [0, 0.1) is 6.92 Å². The highest BCUT2D eigenvalue weighted by Gasteiger charge is 2.24. The Balaban J connectivity index is 1.35. The first kappa shape index (κ1) is 20.1. The van der Waals surface area contributed by atoms with Crippen LogP contribution in [0.4, 0.5) is 5.69 Å². The molecule has 3 heterocycles. The number of pyridine rings is 1. The number of carbonyl (C=O) groups excluding carboxylic acids is 1. The van der Waals surface area contributed by atoms with E-state index in [9.17, 15) is 4.79 Å². The zero-order valence-corrected chi connectivity index (χ0v) is 19.0. The molecule has 1 aliphatic rings. The van der Waals surface area contributed by atoms with Gasteiger partial charge in [0.1, 0.15) is 10.6 Å². The van der Waals surface area contributed by atoms with Crippen molar-refractivity contribution in [2.24, 2.45) is 0 Å². The van der Waals surface area contributed by atoms with Gasteiger partial charge in [0.25, 0.3) is 5.91 Å². The van der Waals surface area contributed by atoms with Gasteiger partial charge in [0, 0.05) is 53.7 Å². The Hall–Kier alpha value is -2.83. The van der Waals surface area contributed by atoms with Crippen LogP contribution in [0.15, 0.2) is 48.5 Å². The summed E-state index contributed by atoms with van der Waals surface area (Å²) in [5.41, 5.74) is 3.22. The number of aromatic nitrogens is 1. The van der Waals surface area contributed by atoms with E-state index in [1.165, 1.54) is 16.9 Å². The van der Waals surface area contributed by atoms with Crippen molar-refractivity contribution in [3.8, 4) is 5.75 Å². The first-order chi connectivity index (χ1) is 15.0. The first-order valence-electron chi connectivity index (χ1n) is 10.2. The van der Waals surface area contributed by atoms with Crippen molar-refractivity contribution >= 4 is 55.7 Å². The lowest BCUT2D eigenvalue weighted by Gasteiger charge is -2.36. The Morgan fingerprint density at radius 3 is 2.61 bits per heavy atom. The number of halogens is 1. The molecule has 31 heavy (non-hydrogen) atoms. The van der Waals surface area contributed by atoms with Crippen LogP contribution in [0.3, 0.4) is 0 Å². The molecule has 0 spiro atoms. The van der Waals surface area contributed by atoms with Crippen molar-refractivity contribution in [3.05, 3.63) is 64.0 Å². The molecule has 0 bridgehead atoms. The Labute approximate surface area is 189 Å². The van der Waals surface area contributed by atoms with Gasteiger partial charge in [-0.25, -0.2) is 4.98 Å². The number of aryl methyl sites for hydroxylation is 1. The zero-order valence-electron chi connectivity index (χ0n) is 17.4. The van der Waals surface area contributed by atoms with E-state index >= 15 is 0 Å². The molecule has 1 amide bonds. The SMILES string of the molecule is COc1ccc2cc3cc(C(=O)N4CCN(c5cc(Cl)ccc5C)CC4)sc3nc2c1. The molecule has 0 atom stereocenters. The van der Waals surface area contributed by atoms with Crippen LogP contribution in [0.25, 0.3) is 21.1 Å². The molecule has 2 aromatic heterocycles. The average molecular weight is 452 g/mol. The number of rotatable bonds is 3. The number of fused-ring (bicyclic) bond motifs is 2. The zero-order chi connectivity index (χ0) is 21.5. The van der Waals surface area contributed by atoms with Crippen LogP contribution in [0.5, 0.6) is 5.75 Å². The summed E-state index contributed by atoms with van der Waals surface area (Å²) in [6.07, 6.45) is 0. The third kappa shape index (κ3) is 3.82. The standard InChI is InChI=1S/C24H22ClN3O2S/c1-15-3-5-18(25)13-21(15)27-7-9-28(10-8-27)24(29)22-12-17-11-16-4-6-19(30-2)14-20(16)26-23(17)31-22/h3-6,11-14H,7-10H2,1-2H3. The molecule has 0 saturated carbocycles. The van der Waals surface area contributed by atoms with Gasteiger partial charge in [-0.1, -0.05) is 17.7 Å². The van der Waals surface area contributed by atoms with Crippen molar-refractivity contribution in [1.29, 1.82) is 0 Å². The smallest absolute Gasteiger partial charge is 0.264 e. The Kier molecular flexibility index (Phi) is 5.20. The summed E-state index contributed by atoms with van der Waals surface area (Å²) in [5, 5.41) is 2.77. The number of carbonyl (C=O) groups is 1. The normalized spacial score (nSPS) is 14.4. The molecule has 0 radical (unpaired) electrons. The van der Waals surface area contributed by atoms with Gasteiger partial charge in [0.15, 0.2) is 0 Å². The molecule has 0 unspecified atom stereocenters. The largest absolute Gasteiger partial charge is 0.497 e. The summed E-state index contributed by atoms with van der Waals surface area (Å²) in [7, 11) is 1.65. The number of benzene rings is 2. The van der Waals surface area contributed by atoms with Crippen molar-refractivity contribution in [3.63, 3.8) is 0 Å². The minimum Gasteiger partial charge on any atom is -0.497 e. The fourth-order valence-corrected chi connectivity index (χ4v) is 5.22. The number of amides is 1. The fourth-order valence-electron chi connectivity index (χ4n) is 4.07. The molecule has 158 valence electrons. The van der Waals surface area contributed by atoms with E-state index in [0.717, 1.165) is 55.5 Å². The summed E-state index contributed by atoms with van der Waals surface area (Å²) < 4.78 is 5.30. The van der Waals surface area contributed by atoms with Gasteiger partial charge in [-0.15, -0.1) is 11.3 Å². The molecular weight excluding hydrogens is 430 g/mol. The number of hydrogen-bond donors (Lipinski definition) is 0. The number of methoxy groups -OCH3 is 1. The molecular formula is C24H22ClN3O2S.